The van der Waals surface area contributed by atoms with E-state index in [9.17, 15) is 0 Å². The van der Waals surface area contributed by atoms with Gasteiger partial charge in [0.1, 0.15) is 0 Å². The van der Waals surface area contributed by atoms with Gasteiger partial charge in [-0.2, -0.15) is 4.98 Å². The Morgan fingerprint density at radius 3 is 2.38 bits per heavy atom. The van der Waals surface area contributed by atoms with Crippen molar-refractivity contribution < 1.29 is 4.52 Å². The van der Waals surface area contributed by atoms with E-state index < -0.39 is 0 Å². The average Bonchev–Trinajstić information content (AvgIpc) is 2.50. The number of nitrogens with two attached hydrogens (primary N) is 1. The van der Waals surface area contributed by atoms with Crippen LogP contribution in [-0.4, -0.2) is 24.2 Å². The molecule has 5 nitrogen and oxygen atoms in total. The zero-order valence-corrected chi connectivity index (χ0v) is 8.48. The molecule has 1 aromatic rings. The van der Waals surface area contributed by atoms with Gasteiger partial charge in [-0.15, -0.1) is 0 Å². The molecule has 5 heteroatoms. The van der Waals surface area contributed by atoms with E-state index in [-0.39, 0.29) is 6.04 Å². The van der Waals surface area contributed by atoms with E-state index in [4.69, 9.17) is 10.3 Å². The molecular formula is C8H16N4O. The second-order valence-electron chi connectivity index (χ2n) is 3.60. The van der Waals surface area contributed by atoms with E-state index in [2.05, 4.69) is 10.1 Å². The number of nitrogens with zero attached hydrogens (tertiary/aromatic N) is 3. The number of anilines is 1. The van der Waals surface area contributed by atoms with Crippen LogP contribution in [0.3, 0.4) is 0 Å². The van der Waals surface area contributed by atoms with Crippen molar-refractivity contribution in [2.24, 2.45) is 11.7 Å². The van der Waals surface area contributed by atoms with E-state index in [0.717, 1.165) is 0 Å². The molecule has 74 valence electrons. The van der Waals surface area contributed by atoms with Crippen LogP contribution in [0.2, 0.25) is 0 Å². The van der Waals surface area contributed by atoms with Crippen molar-refractivity contribution in [1.82, 2.24) is 10.1 Å². The number of aromatic nitrogens is 2. The molecule has 0 aliphatic rings. The summed E-state index contributed by atoms with van der Waals surface area (Å²) >= 11 is 0. The number of hydrogen-bond donors (Lipinski definition) is 1. The van der Waals surface area contributed by atoms with Crippen molar-refractivity contribution in [3.8, 4) is 0 Å². The minimum Gasteiger partial charge on any atom is -0.344 e. The Hall–Kier alpha value is -1.10. The van der Waals surface area contributed by atoms with E-state index in [1.54, 1.807) is 4.90 Å². The van der Waals surface area contributed by atoms with Crippen LogP contribution in [0.25, 0.3) is 0 Å². The van der Waals surface area contributed by atoms with Crippen molar-refractivity contribution in [1.29, 1.82) is 0 Å². The molecule has 1 rings (SSSR count). The van der Waals surface area contributed by atoms with Gasteiger partial charge >= 0.3 is 0 Å². The lowest BCUT2D eigenvalue weighted by Crippen LogP contribution is -2.17. The van der Waals surface area contributed by atoms with Crippen LogP contribution in [0.5, 0.6) is 0 Å². The fraction of sp³-hybridized carbons (Fsp3) is 0.750. The summed E-state index contributed by atoms with van der Waals surface area (Å²) in [6, 6.07) is -0.179. The summed E-state index contributed by atoms with van der Waals surface area (Å²) in [5, 5.41) is 3.78. The molecule has 0 saturated carbocycles. The van der Waals surface area contributed by atoms with Crippen molar-refractivity contribution in [3.05, 3.63) is 5.89 Å². The Morgan fingerprint density at radius 2 is 2.00 bits per heavy atom. The third kappa shape index (κ3) is 2.18. The predicted octanol–water partition coefficient (Wildman–Crippen LogP) is 0.791. The second kappa shape index (κ2) is 3.74. The summed E-state index contributed by atoms with van der Waals surface area (Å²) in [5.41, 5.74) is 5.84. The zero-order valence-electron chi connectivity index (χ0n) is 8.48. The van der Waals surface area contributed by atoms with Crippen LogP contribution in [0.15, 0.2) is 4.52 Å². The highest BCUT2D eigenvalue weighted by molar-refractivity contribution is 5.24. The van der Waals surface area contributed by atoms with Crippen LogP contribution in [0, 0.1) is 5.92 Å². The molecule has 0 radical (unpaired) electrons. The van der Waals surface area contributed by atoms with E-state index >= 15 is 0 Å². The molecule has 0 aromatic carbocycles. The lowest BCUT2D eigenvalue weighted by molar-refractivity contribution is 0.324. The largest absolute Gasteiger partial charge is 0.344 e. The van der Waals surface area contributed by atoms with Gasteiger partial charge < -0.3 is 15.2 Å². The molecule has 0 bridgehead atoms. The topological polar surface area (TPSA) is 68.2 Å². The summed E-state index contributed by atoms with van der Waals surface area (Å²) in [4.78, 5) is 5.93. The zero-order chi connectivity index (χ0) is 10.0. The third-order valence-corrected chi connectivity index (χ3v) is 1.83. The monoisotopic (exact) mass is 184 g/mol. The smallest absolute Gasteiger partial charge is 0.265 e. The van der Waals surface area contributed by atoms with Gasteiger partial charge in [-0.1, -0.05) is 13.8 Å². The second-order valence-corrected chi connectivity index (χ2v) is 3.60. The molecule has 0 aliphatic carbocycles. The molecule has 1 heterocycles. The lowest BCUT2D eigenvalue weighted by atomic mass is 10.1. The van der Waals surface area contributed by atoms with Gasteiger partial charge in [0.25, 0.3) is 5.95 Å². The summed E-state index contributed by atoms with van der Waals surface area (Å²) < 4.78 is 5.02. The summed E-state index contributed by atoms with van der Waals surface area (Å²) in [6.45, 7) is 4.04. The standard InChI is InChI=1S/C8H16N4O/c1-5(2)6(9)7-10-8(11-13-7)12(3)4/h5-6H,9H2,1-4H3/t6-/m1/s1. The van der Waals surface area contributed by atoms with E-state index in [1.165, 1.54) is 0 Å². The number of rotatable bonds is 3. The van der Waals surface area contributed by atoms with Gasteiger partial charge in [0, 0.05) is 14.1 Å². The third-order valence-electron chi connectivity index (χ3n) is 1.83. The first-order valence-electron chi connectivity index (χ1n) is 4.29. The molecule has 1 aromatic heterocycles. The van der Waals surface area contributed by atoms with Crippen LogP contribution in [-0.2, 0) is 0 Å². The molecule has 0 amide bonds. The maximum Gasteiger partial charge on any atom is 0.265 e. The SMILES string of the molecule is CC(C)[C@@H](N)c1nc(N(C)C)no1. The molecule has 2 N–H and O–H groups in total. The summed E-state index contributed by atoms with van der Waals surface area (Å²) in [5.74, 6) is 1.36. The fourth-order valence-corrected chi connectivity index (χ4v) is 0.829. The highest BCUT2D eigenvalue weighted by atomic mass is 16.5. The van der Waals surface area contributed by atoms with Crippen LogP contribution < -0.4 is 10.6 Å². The maximum atomic E-state index is 5.84. The molecule has 0 spiro atoms. The first-order valence-corrected chi connectivity index (χ1v) is 4.29. The van der Waals surface area contributed by atoms with Crippen LogP contribution in [0.4, 0.5) is 5.95 Å². The average molecular weight is 184 g/mol. The Labute approximate surface area is 77.9 Å². The molecule has 0 fully saturated rings. The molecule has 0 unspecified atom stereocenters. The minimum absolute atomic E-state index is 0.179. The predicted molar refractivity (Wildman–Crippen MR) is 50.4 cm³/mol. The van der Waals surface area contributed by atoms with Gasteiger partial charge in [0.05, 0.1) is 6.04 Å². The quantitative estimate of drug-likeness (QED) is 0.752. The highest BCUT2D eigenvalue weighted by Gasteiger charge is 2.18. The van der Waals surface area contributed by atoms with Crippen molar-refractivity contribution in [2.45, 2.75) is 19.9 Å². The maximum absolute atomic E-state index is 5.84. The van der Waals surface area contributed by atoms with Crippen molar-refractivity contribution in [2.75, 3.05) is 19.0 Å². The molecular weight excluding hydrogens is 168 g/mol. The highest BCUT2D eigenvalue weighted by Crippen LogP contribution is 2.18. The number of hydrogen-bond acceptors (Lipinski definition) is 5. The van der Waals surface area contributed by atoms with Crippen LogP contribution >= 0.6 is 0 Å². The Balaban J connectivity index is 2.79. The van der Waals surface area contributed by atoms with Crippen molar-refractivity contribution in [3.63, 3.8) is 0 Å². The van der Waals surface area contributed by atoms with Gasteiger partial charge in [-0.25, -0.2) is 0 Å². The summed E-state index contributed by atoms with van der Waals surface area (Å²) in [7, 11) is 3.71. The Kier molecular flexibility index (Phi) is 2.87. The molecule has 0 saturated heterocycles. The minimum atomic E-state index is -0.179. The van der Waals surface area contributed by atoms with Crippen molar-refractivity contribution >= 4 is 5.95 Å². The van der Waals surface area contributed by atoms with Crippen LogP contribution in [0.1, 0.15) is 25.8 Å². The summed E-state index contributed by atoms with van der Waals surface area (Å²) in [6.07, 6.45) is 0. The van der Waals surface area contributed by atoms with Gasteiger partial charge in [0.15, 0.2) is 0 Å². The van der Waals surface area contributed by atoms with E-state index in [0.29, 0.717) is 17.8 Å². The van der Waals surface area contributed by atoms with Gasteiger partial charge in [-0.05, 0) is 11.1 Å². The molecule has 13 heavy (non-hydrogen) atoms. The molecule has 1 atom stereocenters. The van der Waals surface area contributed by atoms with E-state index in [1.807, 2.05) is 27.9 Å². The lowest BCUT2D eigenvalue weighted by Gasteiger charge is -2.09. The molecule has 0 aliphatic heterocycles. The first kappa shape index (κ1) is 9.98. The Morgan fingerprint density at radius 1 is 1.38 bits per heavy atom. The fourth-order valence-electron chi connectivity index (χ4n) is 0.829. The van der Waals surface area contributed by atoms with Gasteiger partial charge in [-0.3, -0.25) is 0 Å². The Bertz CT molecular complexity index is 269. The first-order chi connectivity index (χ1) is 6.02. The normalized spacial score (nSPS) is 13.4. The van der Waals surface area contributed by atoms with Gasteiger partial charge in [0.2, 0.25) is 5.89 Å².